The normalized spacial score (nSPS) is 18.6. The molecule has 0 spiro atoms. The molecule has 28 heavy (non-hydrogen) atoms. The van der Waals surface area contributed by atoms with E-state index in [4.69, 9.17) is 10.5 Å². The van der Waals surface area contributed by atoms with Gasteiger partial charge in [-0.25, -0.2) is 8.78 Å². The number of carbonyl (C=O) groups excluding carboxylic acids is 2. The quantitative estimate of drug-likeness (QED) is 0.773. The van der Waals surface area contributed by atoms with Gasteiger partial charge < -0.3 is 10.5 Å². The number of hydrazone groups is 1. The fourth-order valence-corrected chi connectivity index (χ4v) is 3.05. The van der Waals surface area contributed by atoms with Crippen molar-refractivity contribution >= 4 is 17.6 Å². The van der Waals surface area contributed by atoms with E-state index >= 15 is 0 Å². The van der Waals surface area contributed by atoms with Crippen molar-refractivity contribution in [1.82, 2.24) is 5.01 Å². The standard InChI is InChI=1S/C20H19F2N3O3/c1-13(26)19(27)25-20(10-5-11-23,14-6-3-2-4-7-14)28-18(24-25)16-12-15(21)8-9-17(16)22/h2-4,6-9,12H,5,10-11,23H2,1H3. The molecule has 1 aliphatic heterocycles. The van der Waals surface area contributed by atoms with Gasteiger partial charge in [0.2, 0.25) is 17.4 Å². The molecule has 2 N–H and O–H groups in total. The molecular weight excluding hydrogens is 368 g/mol. The molecule has 1 atom stereocenters. The second-order valence-electron chi connectivity index (χ2n) is 6.35. The van der Waals surface area contributed by atoms with Crippen LogP contribution < -0.4 is 5.73 Å². The Morgan fingerprint density at radius 2 is 1.89 bits per heavy atom. The second kappa shape index (κ2) is 7.85. The van der Waals surface area contributed by atoms with Crippen LogP contribution in [0.4, 0.5) is 8.78 Å². The number of amides is 1. The van der Waals surface area contributed by atoms with Gasteiger partial charge in [0.1, 0.15) is 11.6 Å². The van der Waals surface area contributed by atoms with Crippen LogP contribution in [0.3, 0.4) is 0 Å². The van der Waals surface area contributed by atoms with E-state index in [2.05, 4.69) is 5.10 Å². The SMILES string of the molecule is CC(=O)C(=O)N1N=C(c2cc(F)ccc2F)OC1(CCCN)c1ccccc1. The summed E-state index contributed by atoms with van der Waals surface area (Å²) in [5, 5.41) is 4.98. The Morgan fingerprint density at radius 3 is 2.54 bits per heavy atom. The number of carbonyl (C=O) groups is 2. The van der Waals surface area contributed by atoms with E-state index in [1.54, 1.807) is 30.3 Å². The van der Waals surface area contributed by atoms with Gasteiger partial charge in [-0.3, -0.25) is 9.59 Å². The lowest BCUT2D eigenvalue weighted by Crippen LogP contribution is -2.47. The van der Waals surface area contributed by atoms with Crippen molar-refractivity contribution in [2.75, 3.05) is 6.54 Å². The third kappa shape index (κ3) is 3.50. The summed E-state index contributed by atoms with van der Waals surface area (Å²) < 4.78 is 34.0. The molecule has 0 aliphatic carbocycles. The average molecular weight is 387 g/mol. The molecule has 1 aliphatic rings. The molecule has 6 nitrogen and oxygen atoms in total. The molecule has 1 unspecified atom stereocenters. The predicted molar refractivity (Wildman–Crippen MR) is 97.9 cm³/mol. The number of hydrogen-bond acceptors (Lipinski definition) is 5. The number of Topliss-reactive ketones (excluding diaryl/α,β-unsaturated/α-hetero) is 1. The summed E-state index contributed by atoms with van der Waals surface area (Å²) >= 11 is 0. The van der Waals surface area contributed by atoms with Gasteiger partial charge in [0, 0.05) is 18.9 Å². The molecular formula is C20H19F2N3O3. The minimum Gasteiger partial charge on any atom is -0.443 e. The van der Waals surface area contributed by atoms with E-state index < -0.39 is 29.0 Å². The van der Waals surface area contributed by atoms with Crippen LogP contribution in [-0.2, 0) is 20.1 Å². The Hall–Kier alpha value is -3.13. The van der Waals surface area contributed by atoms with Crippen LogP contribution >= 0.6 is 0 Å². The van der Waals surface area contributed by atoms with Crippen molar-refractivity contribution in [3.8, 4) is 0 Å². The third-order valence-electron chi connectivity index (χ3n) is 4.40. The predicted octanol–water partition coefficient (Wildman–Crippen LogP) is 2.67. The van der Waals surface area contributed by atoms with E-state index in [9.17, 15) is 18.4 Å². The van der Waals surface area contributed by atoms with E-state index in [0.29, 0.717) is 18.5 Å². The first-order chi connectivity index (χ1) is 13.4. The van der Waals surface area contributed by atoms with Gasteiger partial charge in [0.05, 0.1) is 5.56 Å². The number of ketones is 1. The molecule has 2 aromatic carbocycles. The highest BCUT2D eigenvalue weighted by atomic mass is 19.1. The number of nitrogens with two attached hydrogens (primary N) is 1. The monoisotopic (exact) mass is 387 g/mol. The average Bonchev–Trinajstić information content (AvgIpc) is 3.08. The van der Waals surface area contributed by atoms with Crippen LogP contribution in [0.2, 0.25) is 0 Å². The van der Waals surface area contributed by atoms with Crippen LogP contribution in [0.5, 0.6) is 0 Å². The Morgan fingerprint density at radius 1 is 1.18 bits per heavy atom. The van der Waals surface area contributed by atoms with Gasteiger partial charge >= 0.3 is 5.91 Å². The lowest BCUT2D eigenvalue weighted by molar-refractivity contribution is -0.159. The Kier molecular flexibility index (Phi) is 5.51. The first-order valence-electron chi connectivity index (χ1n) is 8.73. The smallest absolute Gasteiger partial charge is 0.313 e. The fourth-order valence-electron chi connectivity index (χ4n) is 3.05. The Labute approximate surface area is 160 Å². The maximum atomic E-state index is 14.3. The Balaban J connectivity index is 2.16. The molecule has 3 rings (SSSR count). The summed E-state index contributed by atoms with van der Waals surface area (Å²) in [6.07, 6.45) is 0.640. The van der Waals surface area contributed by atoms with Crippen molar-refractivity contribution in [3.63, 3.8) is 0 Å². The molecule has 0 saturated carbocycles. The van der Waals surface area contributed by atoms with Gasteiger partial charge in [-0.15, -0.1) is 5.10 Å². The van der Waals surface area contributed by atoms with Gasteiger partial charge in [0.25, 0.3) is 0 Å². The van der Waals surface area contributed by atoms with Crippen LogP contribution in [0.15, 0.2) is 53.6 Å². The minimum atomic E-state index is -1.49. The number of halogens is 2. The molecule has 146 valence electrons. The number of rotatable bonds is 6. The van der Waals surface area contributed by atoms with Crippen molar-refractivity contribution in [2.24, 2.45) is 10.8 Å². The van der Waals surface area contributed by atoms with E-state index in [1.807, 2.05) is 0 Å². The summed E-state index contributed by atoms with van der Waals surface area (Å²) in [6, 6.07) is 11.5. The van der Waals surface area contributed by atoms with Crippen LogP contribution in [-0.4, -0.2) is 29.1 Å². The highest BCUT2D eigenvalue weighted by Crippen LogP contribution is 2.41. The lowest BCUT2D eigenvalue weighted by Gasteiger charge is -2.35. The first-order valence-corrected chi connectivity index (χ1v) is 8.73. The summed E-state index contributed by atoms with van der Waals surface area (Å²) in [6.45, 7) is 1.40. The molecule has 2 aromatic rings. The molecule has 1 heterocycles. The molecule has 0 saturated heterocycles. The molecule has 0 radical (unpaired) electrons. The topological polar surface area (TPSA) is 85.0 Å². The maximum Gasteiger partial charge on any atom is 0.313 e. The highest BCUT2D eigenvalue weighted by Gasteiger charge is 2.50. The fraction of sp³-hybridized carbons (Fsp3) is 0.250. The largest absolute Gasteiger partial charge is 0.443 e. The van der Waals surface area contributed by atoms with E-state index in [-0.39, 0.29) is 17.9 Å². The number of benzene rings is 2. The lowest BCUT2D eigenvalue weighted by atomic mass is 9.96. The van der Waals surface area contributed by atoms with Crippen molar-refractivity contribution in [2.45, 2.75) is 25.5 Å². The summed E-state index contributed by atoms with van der Waals surface area (Å²) in [4.78, 5) is 24.4. The van der Waals surface area contributed by atoms with Gasteiger partial charge in [-0.1, -0.05) is 30.3 Å². The summed E-state index contributed by atoms with van der Waals surface area (Å²) in [7, 11) is 0. The number of nitrogens with zero attached hydrogens (tertiary/aromatic N) is 2. The zero-order valence-electron chi connectivity index (χ0n) is 15.2. The summed E-state index contributed by atoms with van der Waals surface area (Å²) in [5.41, 5.74) is 4.45. The van der Waals surface area contributed by atoms with Crippen LogP contribution in [0.1, 0.15) is 30.9 Å². The van der Waals surface area contributed by atoms with Crippen molar-refractivity contribution in [3.05, 3.63) is 71.3 Å². The van der Waals surface area contributed by atoms with Gasteiger partial charge in [-0.2, -0.15) is 5.01 Å². The van der Waals surface area contributed by atoms with Crippen molar-refractivity contribution in [1.29, 1.82) is 0 Å². The summed E-state index contributed by atoms with van der Waals surface area (Å²) in [5.74, 6) is -3.43. The molecule has 1 amide bonds. The van der Waals surface area contributed by atoms with Gasteiger partial charge in [-0.05, 0) is 31.2 Å². The second-order valence-corrected chi connectivity index (χ2v) is 6.35. The van der Waals surface area contributed by atoms with E-state index in [1.165, 1.54) is 0 Å². The maximum absolute atomic E-state index is 14.3. The molecule has 0 fully saturated rings. The molecule has 0 aromatic heterocycles. The highest BCUT2D eigenvalue weighted by molar-refractivity contribution is 6.35. The van der Waals surface area contributed by atoms with E-state index in [0.717, 1.165) is 30.1 Å². The minimum absolute atomic E-state index is 0.205. The van der Waals surface area contributed by atoms with Crippen LogP contribution in [0, 0.1) is 11.6 Å². The third-order valence-corrected chi connectivity index (χ3v) is 4.40. The van der Waals surface area contributed by atoms with Crippen LogP contribution in [0.25, 0.3) is 0 Å². The molecule has 0 bridgehead atoms. The number of hydrogen-bond donors (Lipinski definition) is 1. The van der Waals surface area contributed by atoms with Gasteiger partial charge in [0.15, 0.2) is 0 Å². The zero-order chi connectivity index (χ0) is 20.3. The first kappa shape index (κ1) is 19.6. The van der Waals surface area contributed by atoms with Crippen molar-refractivity contribution < 1.29 is 23.1 Å². The number of ether oxygens (including phenoxy) is 1. The molecule has 8 heteroatoms. The Bertz CT molecular complexity index is 934. The zero-order valence-corrected chi connectivity index (χ0v) is 15.2.